The summed E-state index contributed by atoms with van der Waals surface area (Å²) in [6.07, 6.45) is 0.416. The minimum Gasteiger partial charge on any atom is -0.321 e. The Kier molecular flexibility index (Phi) is 5.80. The summed E-state index contributed by atoms with van der Waals surface area (Å²) >= 11 is 7.43. The predicted octanol–water partition coefficient (Wildman–Crippen LogP) is 5.04. The summed E-state index contributed by atoms with van der Waals surface area (Å²) in [4.78, 5) is 30.7. The van der Waals surface area contributed by atoms with Crippen molar-refractivity contribution in [1.82, 2.24) is 14.8 Å². The lowest BCUT2D eigenvalue weighted by molar-refractivity contribution is 0.103. The maximum Gasteiger partial charge on any atom is 0.277 e. The Morgan fingerprint density at radius 2 is 1.84 bits per heavy atom. The summed E-state index contributed by atoms with van der Waals surface area (Å²) in [5.74, 6) is -0.252. The number of halogens is 1. The highest BCUT2D eigenvalue weighted by molar-refractivity contribution is 7.16. The van der Waals surface area contributed by atoms with Gasteiger partial charge in [0.25, 0.3) is 11.5 Å². The highest BCUT2D eigenvalue weighted by atomic mass is 35.5. The van der Waals surface area contributed by atoms with E-state index in [9.17, 15) is 9.59 Å². The summed E-state index contributed by atoms with van der Waals surface area (Å²) in [7, 11) is 0. The van der Waals surface area contributed by atoms with Crippen LogP contribution in [-0.4, -0.2) is 20.7 Å². The third-order valence-corrected chi connectivity index (χ3v) is 6.52. The van der Waals surface area contributed by atoms with Crippen molar-refractivity contribution in [3.63, 3.8) is 0 Å². The predicted molar refractivity (Wildman–Crippen MR) is 125 cm³/mol. The van der Waals surface area contributed by atoms with Gasteiger partial charge in [0.1, 0.15) is 4.88 Å². The number of rotatable bonds is 5. The lowest BCUT2D eigenvalue weighted by Gasteiger charge is -2.04. The number of carbonyl (C=O) groups is 1. The van der Waals surface area contributed by atoms with Gasteiger partial charge in [-0.25, -0.2) is 4.98 Å². The van der Waals surface area contributed by atoms with E-state index < -0.39 is 0 Å². The van der Waals surface area contributed by atoms with Crippen LogP contribution in [0.5, 0.6) is 0 Å². The topological polar surface area (TPSA) is 79.8 Å². The molecule has 0 unspecified atom stereocenters. The van der Waals surface area contributed by atoms with Gasteiger partial charge >= 0.3 is 0 Å². The number of aryl methyl sites for hydroxylation is 3. The molecule has 1 amide bonds. The molecule has 0 radical (unpaired) electrons. The summed E-state index contributed by atoms with van der Waals surface area (Å²) in [5.41, 5.74) is 4.43. The first-order valence-corrected chi connectivity index (χ1v) is 10.9. The molecule has 31 heavy (non-hydrogen) atoms. The van der Waals surface area contributed by atoms with Crippen LogP contribution in [0.1, 0.15) is 37.7 Å². The van der Waals surface area contributed by atoms with Gasteiger partial charge in [-0.15, -0.1) is 0 Å². The molecule has 0 spiro atoms. The highest BCUT2D eigenvalue weighted by Gasteiger charge is 2.20. The van der Waals surface area contributed by atoms with Gasteiger partial charge in [-0.2, -0.15) is 4.68 Å². The number of carbonyl (C=O) groups excluding carboxylic acids is 1. The van der Waals surface area contributed by atoms with E-state index in [-0.39, 0.29) is 11.5 Å². The van der Waals surface area contributed by atoms with Gasteiger partial charge in [0.15, 0.2) is 0 Å². The van der Waals surface area contributed by atoms with Gasteiger partial charge in [-0.05, 0) is 44.5 Å². The second-order valence-corrected chi connectivity index (χ2v) is 8.74. The van der Waals surface area contributed by atoms with Crippen molar-refractivity contribution in [3.05, 3.63) is 96.9 Å². The quantitative estimate of drug-likeness (QED) is 0.445. The first-order chi connectivity index (χ1) is 14.8. The van der Waals surface area contributed by atoms with E-state index in [2.05, 4.69) is 15.4 Å². The van der Waals surface area contributed by atoms with Crippen molar-refractivity contribution in [2.24, 2.45) is 0 Å². The number of benzene rings is 2. The molecule has 0 atom stereocenters. The van der Waals surface area contributed by atoms with E-state index in [1.165, 1.54) is 16.0 Å². The van der Waals surface area contributed by atoms with Crippen molar-refractivity contribution in [3.8, 4) is 5.13 Å². The van der Waals surface area contributed by atoms with E-state index in [1.54, 1.807) is 13.0 Å². The van der Waals surface area contributed by atoms with E-state index in [0.717, 1.165) is 16.8 Å². The molecule has 2 aromatic heterocycles. The summed E-state index contributed by atoms with van der Waals surface area (Å²) in [6, 6.07) is 15.0. The monoisotopic (exact) mass is 452 g/mol. The largest absolute Gasteiger partial charge is 0.321 e. The molecule has 0 aliphatic carbocycles. The van der Waals surface area contributed by atoms with Gasteiger partial charge in [0.05, 0.1) is 5.69 Å². The van der Waals surface area contributed by atoms with E-state index in [1.807, 2.05) is 56.3 Å². The Balaban J connectivity index is 1.62. The Labute approximate surface area is 188 Å². The minimum atomic E-state index is -0.252. The fourth-order valence-electron chi connectivity index (χ4n) is 3.27. The smallest absolute Gasteiger partial charge is 0.277 e. The average Bonchev–Trinajstić information content (AvgIpc) is 3.26. The zero-order chi connectivity index (χ0) is 22.1. The molecule has 0 bridgehead atoms. The third-order valence-electron chi connectivity index (χ3n) is 5.01. The highest BCUT2D eigenvalue weighted by Crippen LogP contribution is 2.24. The molecule has 0 aliphatic heterocycles. The summed E-state index contributed by atoms with van der Waals surface area (Å²) < 4.78 is 1.39. The zero-order valence-electron chi connectivity index (χ0n) is 17.3. The third kappa shape index (κ3) is 4.33. The maximum atomic E-state index is 13.1. The molecule has 2 heterocycles. The van der Waals surface area contributed by atoms with Crippen molar-refractivity contribution >= 4 is 34.5 Å². The van der Waals surface area contributed by atoms with Gasteiger partial charge in [0, 0.05) is 28.4 Å². The number of anilines is 1. The maximum absolute atomic E-state index is 13.1. The Morgan fingerprint density at radius 1 is 1.13 bits per heavy atom. The lowest BCUT2D eigenvalue weighted by atomic mass is 10.1. The van der Waals surface area contributed by atoms with Crippen LogP contribution in [-0.2, 0) is 6.42 Å². The van der Waals surface area contributed by atoms with Crippen LogP contribution < -0.4 is 10.9 Å². The standard InChI is InChI=1S/C23H21ClN4O2S/c1-13-8-10-17(11-9-13)26-21(29)20-15(3)25-23(31-20)28-22(30)18(14(2)27-28)12-16-6-4-5-7-19(16)24/h4-11,27H,12H2,1-3H3,(H,26,29). The number of amides is 1. The molecule has 6 nitrogen and oxygen atoms in total. The molecular weight excluding hydrogens is 432 g/mol. The molecule has 0 fully saturated rings. The fraction of sp³-hybridized carbons (Fsp3) is 0.174. The molecule has 158 valence electrons. The van der Waals surface area contributed by atoms with Gasteiger partial charge in [-0.1, -0.05) is 58.8 Å². The fourth-order valence-corrected chi connectivity index (χ4v) is 4.39. The van der Waals surface area contributed by atoms with Gasteiger partial charge in [-0.3, -0.25) is 14.7 Å². The lowest BCUT2D eigenvalue weighted by Crippen LogP contribution is -2.17. The summed E-state index contributed by atoms with van der Waals surface area (Å²) in [6.45, 7) is 5.59. The van der Waals surface area contributed by atoms with Crippen molar-refractivity contribution < 1.29 is 4.79 Å². The molecule has 2 N–H and O–H groups in total. The number of hydrogen-bond donors (Lipinski definition) is 2. The average molecular weight is 453 g/mol. The van der Waals surface area contributed by atoms with Gasteiger partial charge < -0.3 is 5.32 Å². The Bertz CT molecular complexity index is 1320. The van der Waals surface area contributed by atoms with E-state index in [4.69, 9.17) is 11.6 Å². The van der Waals surface area contributed by atoms with Crippen LogP contribution in [0.25, 0.3) is 5.13 Å². The number of H-pyrrole nitrogens is 1. The Morgan fingerprint density at radius 3 is 2.55 bits per heavy atom. The van der Waals surface area contributed by atoms with Crippen LogP contribution in [0.3, 0.4) is 0 Å². The van der Waals surface area contributed by atoms with Crippen LogP contribution >= 0.6 is 22.9 Å². The van der Waals surface area contributed by atoms with Crippen molar-refractivity contribution in [1.29, 1.82) is 0 Å². The number of hydrogen-bond acceptors (Lipinski definition) is 4. The summed E-state index contributed by atoms with van der Waals surface area (Å²) in [5, 5.41) is 7.00. The molecule has 2 aromatic carbocycles. The minimum absolute atomic E-state index is 0.198. The number of thiazole rings is 1. The molecule has 0 saturated carbocycles. The van der Waals surface area contributed by atoms with Crippen LogP contribution in [0.15, 0.2) is 53.3 Å². The number of aromatic nitrogens is 3. The second kappa shape index (κ2) is 8.53. The molecule has 0 saturated heterocycles. The SMILES string of the molecule is Cc1ccc(NC(=O)c2sc(-n3[nH]c(C)c(Cc4ccccc4Cl)c3=O)nc2C)cc1. The Hall–Kier alpha value is -3.16. The normalized spacial score (nSPS) is 11.0. The van der Waals surface area contributed by atoms with Gasteiger partial charge in [0.2, 0.25) is 5.13 Å². The van der Waals surface area contributed by atoms with Crippen LogP contribution in [0.2, 0.25) is 5.02 Å². The zero-order valence-corrected chi connectivity index (χ0v) is 18.9. The number of nitrogens with one attached hydrogen (secondary N) is 2. The van der Waals surface area contributed by atoms with Crippen LogP contribution in [0, 0.1) is 20.8 Å². The molecule has 0 aliphatic rings. The number of aromatic amines is 1. The first kappa shape index (κ1) is 21.1. The van der Waals surface area contributed by atoms with Crippen molar-refractivity contribution in [2.45, 2.75) is 27.2 Å². The van der Waals surface area contributed by atoms with Crippen molar-refractivity contribution in [2.75, 3.05) is 5.32 Å². The molecule has 4 aromatic rings. The molecule has 8 heteroatoms. The van der Waals surface area contributed by atoms with Crippen LogP contribution in [0.4, 0.5) is 5.69 Å². The van der Waals surface area contributed by atoms with E-state index >= 15 is 0 Å². The van der Waals surface area contributed by atoms with E-state index in [0.29, 0.717) is 38.4 Å². The molecule has 4 rings (SSSR count). The first-order valence-electron chi connectivity index (χ1n) is 9.73. The second-order valence-electron chi connectivity index (χ2n) is 7.36. The number of nitrogens with zero attached hydrogens (tertiary/aromatic N) is 2. The molecular formula is C23H21ClN4O2S.